The van der Waals surface area contributed by atoms with E-state index in [1.54, 1.807) is 12.1 Å². The Balaban J connectivity index is 2.14. The number of carbonyl (C=O) groups is 1. The van der Waals surface area contributed by atoms with Crippen LogP contribution in [0, 0.1) is 0 Å². The number of benzene rings is 2. The van der Waals surface area contributed by atoms with Crippen LogP contribution < -0.4 is 25.3 Å². The Hall–Kier alpha value is -2.73. The first-order valence-electron chi connectivity index (χ1n) is 7.50. The van der Waals surface area contributed by atoms with Gasteiger partial charge in [0.1, 0.15) is 0 Å². The summed E-state index contributed by atoms with van der Waals surface area (Å²) < 4.78 is 15.9. The Morgan fingerprint density at radius 3 is 2.25 bits per heavy atom. The molecule has 0 heterocycles. The summed E-state index contributed by atoms with van der Waals surface area (Å²) in [5.41, 5.74) is 7.49. The highest BCUT2D eigenvalue weighted by atomic mass is 16.5. The van der Waals surface area contributed by atoms with Gasteiger partial charge < -0.3 is 25.3 Å². The van der Waals surface area contributed by atoms with E-state index in [4.69, 9.17) is 19.9 Å². The average molecular weight is 330 g/mol. The number of methoxy groups -OCH3 is 3. The zero-order valence-corrected chi connectivity index (χ0v) is 14.0. The van der Waals surface area contributed by atoms with Gasteiger partial charge in [-0.1, -0.05) is 30.3 Å². The Labute approximate surface area is 141 Å². The molecule has 0 aromatic heterocycles. The molecule has 0 aliphatic heterocycles. The fraction of sp³-hybridized carbons (Fsp3) is 0.278. The fourth-order valence-electron chi connectivity index (χ4n) is 2.42. The largest absolute Gasteiger partial charge is 0.493 e. The Bertz CT molecular complexity index is 689. The summed E-state index contributed by atoms with van der Waals surface area (Å²) in [6.07, 6.45) is 0.154. The van der Waals surface area contributed by atoms with Crippen molar-refractivity contribution in [1.82, 2.24) is 0 Å². The maximum atomic E-state index is 12.3. The zero-order chi connectivity index (χ0) is 17.5. The van der Waals surface area contributed by atoms with Gasteiger partial charge in [0.05, 0.1) is 27.0 Å². The molecule has 1 unspecified atom stereocenters. The van der Waals surface area contributed by atoms with Crippen LogP contribution in [-0.4, -0.2) is 27.2 Å². The van der Waals surface area contributed by atoms with Gasteiger partial charge in [0.2, 0.25) is 11.7 Å². The third kappa shape index (κ3) is 3.97. The molecule has 128 valence electrons. The van der Waals surface area contributed by atoms with Crippen molar-refractivity contribution in [3.63, 3.8) is 0 Å². The summed E-state index contributed by atoms with van der Waals surface area (Å²) in [6, 6.07) is 12.5. The molecule has 0 aliphatic rings. The predicted octanol–water partition coefficient (Wildman–Crippen LogP) is 2.74. The average Bonchev–Trinajstić information content (AvgIpc) is 2.61. The number of nitrogens with two attached hydrogens (primary N) is 1. The van der Waals surface area contributed by atoms with E-state index in [2.05, 4.69) is 5.32 Å². The minimum Gasteiger partial charge on any atom is -0.493 e. The van der Waals surface area contributed by atoms with Crippen LogP contribution in [-0.2, 0) is 4.79 Å². The van der Waals surface area contributed by atoms with Crippen LogP contribution in [0.15, 0.2) is 42.5 Å². The van der Waals surface area contributed by atoms with E-state index in [0.717, 1.165) is 5.56 Å². The Kier molecular flexibility index (Phi) is 6.03. The fourth-order valence-corrected chi connectivity index (χ4v) is 2.42. The van der Waals surface area contributed by atoms with Gasteiger partial charge in [0.15, 0.2) is 11.5 Å². The van der Waals surface area contributed by atoms with E-state index < -0.39 is 0 Å². The summed E-state index contributed by atoms with van der Waals surface area (Å²) in [5, 5.41) is 2.81. The van der Waals surface area contributed by atoms with Crippen LogP contribution in [0.3, 0.4) is 0 Å². The first-order chi connectivity index (χ1) is 11.6. The second kappa shape index (κ2) is 8.21. The molecule has 2 aromatic carbocycles. The van der Waals surface area contributed by atoms with E-state index in [-0.39, 0.29) is 18.4 Å². The monoisotopic (exact) mass is 330 g/mol. The molecule has 6 nitrogen and oxygen atoms in total. The molecule has 0 aliphatic carbocycles. The first kappa shape index (κ1) is 17.6. The van der Waals surface area contributed by atoms with Crippen molar-refractivity contribution in [3.8, 4) is 17.2 Å². The Morgan fingerprint density at radius 1 is 1.00 bits per heavy atom. The van der Waals surface area contributed by atoms with Crippen molar-refractivity contribution < 1.29 is 19.0 Å². The van der Waals surface area contributed by atoms with Crippen molar-refractivity contribution in [2.75, 3.05) is 26.6 Å². The number of ether oxygens (including phenoxy) is 3. The number of hydrogen-bond acceptors (Lipinski definition) is 5. The van der Waals surface area contributed by atoms with E-state index in [1.807, 2.05) is 30.3 Å². The standard InChI is InChI=1S/C18H22N2O4/c1-22-15-10-9-14(17(23-2)18(15)24-3)20-16(21)11-13(19)12-7-5-4-6-8-12/h4-10,13H,11,19H2,1-3H3,(H,20,21). The van der Waals surface area contributed by atoms with Crippen LogP contribution in [0.1, 0.15) is 18.0 Å². The lowest BCUT2D eigenvalue weighted by atomic mass is 10.0. The van der Waals surface area contributed by atoms with Crippen molar-refractivity contribution in [2.24, 2.45) is 5.73 Å². The van der Waals surface area contributed by atoms with Gasteiger partial charge in [-0.05, 0) is 17.7 Å². The van der Waals surface area contributed by atoms with Crippen molar-refractivity contribution in [1.29, 1.82) is 0 Å². The molecule has 1 amide bonds. The maximum Gasteiger partial charge on any atom is 0.226 e. The Morgan fingerprint density at radius 2 is 1.67 bits per heavy atom. The highest BCUT2D eigenvalue weighted by Crippen LogP contribution is 2.42. The topological polar surface area (TPSA) is 82.8 Å². The lowest BCUT2D eigenvalue weighted by molar-refractivity contribution is -0.116. The third-order valence-electron chi connectivity index (χ3n) is 3.61. The van der Waals surface area contributed by atoms with Gasteiger partial charge in [-0.3, -0.25) is 4.79 Å². The third-order valence-corrected chi connectivity index (χ3v) is 3.61. The molecule has 0 bridgehead atoms. The molecule has 24 heavy (non-hydrogen) atoms. The molecule has 2 rings (SSSR count). The predicted molar refractivity (Wildman–Crippen MR) is 92.7 cm³/mol. The summed E-state index contributed by atoms with van der Waals surface area (Å²) in [6.45, 7) is 0. The van der Waals surface area contributed by atoms with Gasteiger partial charge in [0, 0.05) is 12.5 Å². The van der Waals surface area contributed by atoms with Crippen molar-refractivity contribution in [3.05, 3.63) is 48.0 Å². The summed E-state index contributed by atoms with van der Waals surface area (Å²) in [4.78, 5) is 12.3. The lowest BCUT2D eigenvalue weighted by Gasteiger charge is -2.17. The van der Waals surface area contributed by atoms with Crippen LogP contribution >= 0.6 is 0 Å². The van der Waals surface area contributed by atoms with Crippen LogP contribution in [0.4, 0.5) is 5.69 Å². The molecule has 0 radical (unpaired) electrons. The van der Waals surface area contributed by atoms with Crippen LogP contribution in [0.25, 0.3) is 0 Å². The number of amides is 1. The van der Waals surface area contributed by atoms with E-state index in [0.29, 0.717) is 22.9 Å². The molecule has 0 saturated carbocycles. The quantitative estimate of drug-likeness (QED) is 0.815. The molecule has 0 saturated heterocycles. The van der Waals surface area contributed by atoms with E-state index >= 15 is 0 Å². The molecular formula is C18H22N2O4. The highest BCUT2D eigenvalue weighted by molar-refractivity contribution is 5.93. The molecule has 0 spiro atoms. The lowest BCUT2D eigenvalue weighted by Crippen LogP contribution is -2.21. The second-order valence-corrected chi connectivity index (χ2v) is 5.15. The number of anilines is 1. The maximum absolute atomic E-state index is 12.3. The van der Waals surface area contributed by atoms with E-state index in [9.17, 15) is 4.79 Å². The van der Waals surface area contributed by atoms with Gasteiger partial charge in [-0.25, -0.2) is 0 Å². The number of hydrogen-bond donors (Lipinski definition) is 2. The van der Waals surface area contributed by atoms with Gasteiger partial charge >= 0.3 is 0 Å². The van der Waals surface area contributed by atoms with Gasteiger partial charge in [-0.15, -0.1) is 0 Å². The minimum absolute atomic E-state index is 0.154. The minimum atomic E-state index is -0.377. The molecule has 0 fully saturated rings. The van der Waals surface area contributed by atoms with Crippen molar-refractivity contribution >= 4 is 11.6 Å². The van der Waals surface area contributed by atoms with Crippen molar-refractivity contribution in [2.45, 2.75) is 12.5 Å². The SMILES string of the molecule is COc1ccc(NC(=O)CC(N)c2ccccc2)c(OC)c1OC. The highest BCUT2D eigenvalue weighted by Gasteiger charge is 2.18. The van der Waals surface area contributed by atoms with Crippen LogP contribution in [0.2, 0.25) is 0 Å². The molecular weight excluding hydrogens is 308 g/mol. The van der Waals surface area contributed by atoms with E-state index in [1.165, 1.54) is 21.3 Å². The molecule has 2 aromatic rings. The number of rotatable bonds is 7. The summed E-state index contributed by atoms with van der Waals surface area (Å²) in [7, 11) is 4.55. The van der Waals surface area contributed by atoms with Gasteiger partial charge in [-0.2, -0.15) is 0 Å². The molecule has 1 atom stereocenters. The smallest absolute Gasteiger partial charge is 0.226 e. The molecule has 6 heteroatoms. The van der Waals surface area contributed by atoms with Gasteiger partial charge in [0.25, 0.3) is 0 Å². The number of carbonyl (C=O) groups excluding carboxylic acids is 1. The van der Waals surface area contributed by atoms with Crippen LogP contribution in [0.5, 0.6) is 17.2 Å². The molecule has 3 N–H and O–H groups in total. The normalized spacial score (nSPS) is 11.5. The zero-order valence-electron chi connectivity index (χ0n) is 14.0. The summed E-state index contributed by atoms with van der Waals surface area (Å²) >= 11 is 0. The first-order valence-corrected chi connectivity index (χ1v) is 7.50. The summed E-state index contributed by atoms with van der Waals surface area (Å²) in [5.74, 6) is 1.13. The second-order valence-electron chi connectivity index (χ2n) is 5.15. The number of nitrogens with one attached hydrogen (secondary N) is 1.